The van der Waals surface area contributed by atoms with Gasteiger partial charge in [-0.3, -0.25) is 9.69 Å². The van der Waals surface area contributed by atoms with Crippen molar-refractivity contribution in [1.29, 1.82) is 0 Å². The van der Waals surface area contributed by atoms with Crippen LogP contribution in [0.3, 0.4) is 0 Å². The van der Waals surface area contributed by atoms with Crippen LogP contribution in [-0.2, 0) is 11.3 Å². The van der Waals surface area contributed by atoms with E-state index in [0.717, 1.165) is 33.7 Å². The second-order valence-corrected chi connectivity index (χ2v) is 10.4. The van der Waals surface area contributed by atoms with Gasteiger partial charge in [0.05, 0.1) is 10.6 Å². The van der Waals surface area contributed by atoms with E-state index in [2.05, 4.69) is 29.8 Å². The SMILES string of the molecule is Cc1ccc(N=C2S/C(=C/c3cn(Cc4ccc(Cl)cc4)c4ccccc34)C(=O)N2C(C)C)cc1. The molecule has 0 radical (unpaired) electrons. The fourth-order valence-electron chi connectivity index (χ4n) is 4.20. The highest BCUT2D eigenvalue weighted by Gasteiger charge is 2.35. The monoisotopic (exact) mass is 499 g/mol. The van der Waals surface area contributed by atoms with Crippen molar-refractivity contribution < 1.29 is 4.79 Å². The molecule has 4 nitrogen and oxygen atoms in total. The molecular weight excluding hydrogens is 474 g/mol. The topological polar surface area (TPSA) is 37.6 Å². The highest BCUT2D eigenvalue weighted by Crippen LogP contribution is 2.37. The van der Waals surface area contributed by atoms with Gasteiger partial charge in [0.2, 0.25) is 0 Å². The van der Waals surface area contributed by atoms with Gasteiger partial charge in [-0.25, -0.2) is 4.99 Å². The molecule has 0 N–H and O–H groups in total. The average Bonchev–Trinajstić information content (AvgIpc) is 3.34. The number of aliphatic imine (C=N–C) groups is 1. The summed E-state index contributed by atoms with van der Waals surface area (Å²) in [5, 5.41) is 2.55. The van der Waals surface area contributed by atoms with Crippen molar-refractivity contribution in [3.8, 4) is 0 Å². The number of amidine groups is 1. The third-order valence-electron chi connectivity index (χ3n) is 5.98. The van der Waals surface area contributed by atoms with Crippen LogP contribution in [0.15, 0.2) is 88.9 Å². The Morgan fingerprint density at radius 3 is 2.43 bits per heavy atom. The number of hydrogen-bond donors (Lipinski definition) is 0. The number of rotatable bonds is 5. The van der Waals surface area contributed by atoms with Crippen LogP contribution in [0.25, 0.3) is 17.0 Å². The number of para-hydroxylation sites is 1. The summed E-state index contributed by atoms with van der Waals surface area (Å²) in [5.41, 5.74) is 5.33. The number of thioether (sulfide) groups is 1. The molecule has 1 saturated heterocycles. The fourth-order valence-corrected chi connectivity index (χ4v) is 5.44. The Hall–Kier alpha value is -3.28. The largest absolute Gasteiger partial charge is 0.342 e. The van der Waals surface area contributed by atoms with Crippen LogP contribution in [0.5, 0.6) is 0 Å². The van der Waals surface area contributed by atoms with Crippen molar-refractivity contribution in [2.24, 2.45) is 4.99 Å². The third kappa shape index (κ3) is 4.93. The number of nitrogens with zero attached hydrogens (tertiary/aromatic N) is 3. The normalized spacial score (nSPS) is 16.4. The Labute approximate surface area is 214 Å². The molecule has 0 spiro atoms. The first-order valence-electron chi connectivity index (χ1n) is 11.6. The summed E-state index contributed by atoms with van der Waals surface area (Å²) in [6.07, 6.45) is 4.12. The van der Waals surface area contributed by atoms with Gasteiger partial charge in [-0.15, -0.1) is 0 Å². The van der Waals surface area contributed by atoms with Crippen LogP contribution >= 0.6 is 23.4 Å². The second-order valence-electron chi connectivity index (χ2n) is 8.97. The maximum atomic E-state index is 13.4. The van der Waals surface area contributed by atoms with Gasteiger partial charge in [0, 0.05) is 40.3 Å². The van der Waals surface area contributed by atoms with Crippen molar-refractivity contribution in [2.45, 2.75) is 33.4 Å². The van der Waals surface area contributed by atoms with E-state index < -0.39 is 0 Å². The van der Waals surface area contributed by atoms with Crippen molar-refractivity contribution in [3.05, 3.63) is 106 Å². The predicted molar refractivity (Wildman–Crippen MR) is 148 cm³/mol. The van der Waals surface area contributed by atoms with E-state index >= 15 is 0 Å². The van der Waals surface area contributed by atoms with E-state index in [1.54, 1.807) is 4.90 Å². The molecular formula is C29H26ClN3OS. The minimum Gasteiger partial charge on any atom is -0.342 e. The molecule has 1 aliphatic heterocycles. The number of aromatic nitrogens is 1. The van der Waals surface area contributed by atoms with Crippen molar-refractivity contribution in [2.75, 3.05) is 0 Å². The Morgan fingerprint density at radius 2 is 1.71 bits per heavy atom. The summed E-state index contributed by atoms with van der Waals surface area (Å²) in [4.78, 5) is 20.7. The van der Waals surface area contributed by atoms with Crippen LogP contribution in [0.2, 0.25) is 5.02 Å². The van der Waals surface area contributed by atoms with Gasteiger partial charge in [0.1, 0.15) is 0 Å². The highest BCUT2D eigenvalue weighted by molar-refractivity contribution is 8.18. The van der Waals surface area contributed by atoms with Gasteiger partial charge in [0.15, 0.2) is 5.17 Å². The zero-order valence-electron chi connectivity index (χ0n) is 19.9. The summed E-state index contributed by atoms with van der Waals surface area (Å²) in [7, 11) is 0. The average molecular weight is 500 g/mol. The molecule has 4 aromatic rings. The first-order chi connectivity index (χ1) is 16.9. The maximum absolute atomic E-state index is 13.4. The molecule has 0 bridgehead atoms. The summed E-state index contributed by atoms with van der Waals surface area (Å²) in [6.45, 7) is 6.81. The molecule has 1 fully saturated rings. The van der Waals surface area contributed by atoms with Crippen molar-refractivity contribution in [3.63, 3.8) is 0 Å². The van der Waals surface area contributed by atoms with Gasteiger partial charge in [-0.2, -0.15) is 0 Å². The van der Waals surface area contributed by atoms with E-state index in [0.29, 0.717) is 10.1 Å². The molecule has 1 amide bonds. The fraction of sp³-hybridized carbons (Fsp3) is 0.172. The van der Waals surface area contributed by atoms with E-state index in [-0.39, 0.29) is 11.9 Å². The lowest BCUT2D eigenvalue weighted by Gasteiger charge is -2.19. The first-order valence-corrected chi connectivity index (χ1v) is 12.8. The molecule has 176 valence electrons. The number of aryl methyl sites for hydroxylation is 1. The van der Waals surface area contributed by atoms with E-state index in [9.17, 15) is 4.79 Å². The second kappa shape index (κ2) is 9.76. The minimum atomic E-state index is -0.00889. The van der Waals surface area contributed by atoms with Gasteiger partial charge in [-0.05, 0) is 74.5 Å². The van der Waals surface area contributed by atoms with E-state index in [1.165, 1.54) is 22.9 Å². The molecule has 6 heteroatoms. The number of fused-ring (bicyclic) bond motifs is 1. The van der Waals surface area contributed by atoms with E-state index in [1.807, 2.05) is 80.6 Å². The molecule has 0 unspecified atom stereocenters. The molecule has 5 rings (SSSR count). The predicted octanol–water partition coefficient (Wildman–Crippen LogP) is 7.66. The first kappa shape index (κ1) is 23.5. The van der Waals surface area contributed by atoms with Crippen molar-refractivity contribution >= 4 is 57.1 Å². The van der Waals surface area contributed by atoms with Crippen LogP contribution in [0.4, 0.5) is 5.69 Å². The third-order valence-corrected chi connectivity index (χ3v) is 7.22. The van der Waals surface area contributed by atoms with Crippen LogP contribution in [-0.4, -0.2) is 26.6 Å². The summed E-state index contributed by atoms with van der Waals surface area (Å²) < 4.78 is 2.22. The van der Waals surface area contributed by atoms with E-state index in [4.69, 9.17) is 16.6 Å². The molecule has 3 aromatic carbocycles. The number of benzene rings is 3. The van der Waals surface area contributed by atoms with Crippen LogP contribution in [0, 0.1) is 6.92 Å². The smallest absolute Gasteiger partial charge is 0.266 e. The van der Waals surface area contributed by atoms with Gasteiger partial charge >= 0.3 is 0 Å². The Morgan fingerprint density at radius 1 is 1.00 bits per heavy atom. The summed E-state index contributed by atoms with van der Waals surface area (Å²) >= 11 is 7.50. The number of hydrogen-bond acceptors (Lipinski definition) is 3. The number of carbonyl (C=O) groups excluding carboxylic acids is 1. The molecule has 1 aromatic heterocycles. The summed E-state index contributed by atoms with van der Waals surface area (Å²) in [5.74, 6) is -0.00889. The number of amides is 1. The van der Waals surface area contributed by atoms with Gasteiger partial charge in [0.25, 0.3) is 5.91 Å². The Bertz CT molecular complexity index is 1450. The maximum Gasteiger partial charge on any atom is 0.266 e. The van der Waals surface area contributed by atoms with Gasteiger partial charge < -0.3 is 4.57 Å². The molecule has 0 aliphatic carbocycles. The molecule has 2 heterocycles. The molecule has 0 atom stereocenters. The zero-order valence-corrected chi connectivity index (χ0v) is 21.5. The molecule has 0 saturated carbocycles. The van der Waals surface area contributed by atoms with Crippen LogP contribution < -0.4 is 0 Å². The highest BCUT2D eigenvalue weighted by atomic mass is 35.5. The Balaban J connectivity index is 1.52. The zero-order chi connectivity index (χ0) is 24.5. The van der Waals surface area contributed by atoms with Gasteiger partial charge in [-0.1, -0.05) is 59.6 Å². The number of carbonyl (C=O) groups is 1. The van der Waals surface area contributed by atoms with Crippen molar-refractivity contribution in [1.82, 2.24) is 9.47 Å². The lowest BCUT2D eigenvalue weighted by atomic mass is 10.1. The quantitative estimate of drug-likeness (QED) is 0.264. The summed E-state index contributed by atoms with van der Waals surface area (Å²) in [6, 6.07) is 24.2. The minimum absolute atomic E-state index is 0.00889. The molecule has 1 aliphatic rings. The lowest BCUT2D eigenvalue weighted by molar-refractivity contribution is -0.123. The standard InChI is InChI=1S/C29H26ClN3OS/c1-19(2)33-28(34)27(35-29(33)31-24-14-8-20(3)9-15-24)16-22-18-32(26-7-5-4-6-25(22)26)17-21-10-12-23(30)13-11-21/h4-16,18-19H,17H2,1-3H3/b27-16+,31-29?. The lowest BCUT2D eigenvalue weighted by Crippen LogP contribution is -2.35. The van der Waals surface area contributed by atoms with Crippen LogP contribution in [0.1, 0.15) is 30.5 Å². The Kier molecular flexibility index (Phi) is 6.54. The number of halogens is 1. The molecule has 35 heavy (non-hydrogen) atoms.